The molecule has 3 nitrogen and oxygen atoms in total. The molecule has 0 saturated heterocycles. The summed E-state index contributed by atoms with van der Waals surface area (Å²) >= 11 is 0. The summed E-state index contributed by atoms with van der Waals surface area (Å²) in [4.78, 5) is 0. The first-order valence-electron chi connectivity index (χ1n) is 23.4. The van der Waals surface area contributed by atoms with Gasteiger partial charge in [-0.05, 0) is 103 Å². The molecule has 1 N–H and O–H groups in total. The van der Waals surface area contributed by atoms with E-state index in [-0.39, 0.29) is 39.7 Å². The smallest absolute Gasteiger partial charge is 0.261 e. The molecular formula is C57H74O3Si2. The topological polar surface area (TPSA) is 38.7 Å². The summed E-state index contributed by atoms with van der Waals surface area (Å²) < 4.78 is 16.1. The summed E-state index contributed by atoms with van der Waals surface area (Å²) in [5.41, 5.74) is 4.18. The molecule has 0 unspecified atom stereocenters. The van der Waals surface area contributed by atoms with Gasteiger partial charge in [0.2, 0.25) is 0 Å². The number of rotatable bonds is 12. The van der Waals surface area contributed by atoms with Crippen LogP contribution in [0.5, 0.6) is 0 Å². The number of aliphatic hydroxyl groups is 1. The maximum Gasteiger partial charge on any atom is 0.261 e. The Morgan fingerprint density at radius 3 is 1.60 bits per heavy atom. The molecule has 3 saturated carbocycles. The van der Waals surface area contributed by atoms with Crippen LogP contribution in [-0.4, -0.2) is 40.6 Å². The summed E-state index contributed by atoms with van der Waals surface area (Å²) in [6.07, 6.45) is 16.4. The van der Waals surface area contributed by atoms with Gasteiger partial charge in [-0.2, -0.15) is 0 Å². The largest absolute Gasteiger partial charge is 0.404 e. The molecule has 3 fully saturated rings. The molecule has 0 heterocycles. The van der Waals surface area contributed by atoms with Crippen LogP contribution in [0.15, 0.2) is 169 Å². The lowest BCUT2D eigenvalue weighted by Crippen LogP contribution is -2.69. The summed E-state index contributed by atoms with van der Waals surface area (Å²) in [6.45, 7) is 26.7. The Morgan fingerprint density at radius 2 is 1.15 bits per heavy atom. The first kappa shape index (κ1) is 46.2. The van der Waals surface area contributed by atoms with Gasteiger partial charge in [-0.25, -0.2) is 0 Å². The Labute approximate surface area is 377 Å². The summed E-state index contributed by atoms with van der Waals surface area (Å²) in [5.74, 6) is 1.11. The zero-order valence-corrected chi connectivity index (χ0v) is 41.3. The average Bonchev–Trinajstić information content (AvgIpc) is 3.63. The van der Waals surface area contributed by atoms with E-state index >= 15 is 0 Å². The molecular weight excluding hydrogens is 789 g/mol. The van der Waals surface area contributed by atoms with Crippen LogP contribution in [-0.2, 0) is 8.85 Å². The number of hydrogen-bond acceptors (Lipinski definition) is 3. The van der Waals surface area contributed by atoms with Crippen molar-refractivity contribution in [2.75, 3.05) is 6.61 Å². The van der Waals surface area contributed by atoms with E-state index in [4.69, 9.17) is 15.4 Å². The van der Waals surface area contributed by atoms with Crippen LogP contribution >= 0.6 is 0 Å². The molecule has 328 valence electrons. The monoisotopic (exact) mass is 863 g/mol. The van der Waals surface area contributed by atoms with Gasteiger partial charge < -0.3 is 14.0 Å². The van der Waals surface area contributed by atoms with E-state index in [1.807, 2.05) is 6.08 Å². The van der Waals surface area contributed by atoms with E-state index in [1.165, 1.54) is 52.0 Å². The number of allylic oxidation sites excluding steroid dienone is 4. The molecule has 5 heteroatoms. The summed E-state index contributed by atoms with van der Waals surface area (Å²) in [5, 5.41) is 14.5. The van der Waals surface area contributed by atoms with Crippen LogP contribution in [0.25, 0.3) is 0 Å². The van der Waals surface area contributed by atoms with E-state index in [0.717, 1.165) is 24.8 Å². The molecule has 0 spiro atoms. The second-order valence-electron chi connectivity index (χ2n) is 21.5. The van der Waals surface area contributed by atoms with E-state index < -0.39 is 16.6 Å². The fraction of sp³-hybridized carbons (Fsp3) is 0.439. The minimum Gasteiger partial charge on any atom is -0.404 e. The molecule has 0 radical (unpaired) electrons. The molecule has 5 atom stereocenters. The normalized spacial score (nSPS) is 25.4. The Balaban J connectivity index is 1.36. The lowest BCUT2D eigenvalue weighted by Gasteiger charge is -2.49. The molecule has 0 aliphatic heterocycles. The summed E-state index contributed by atoms with van der Waals surface area (Å²) in [7, 11) is -5.84. The first-order chi connectivity index (χ1) is 29.5. The lowest BCUT2D eigenvalue weighted by molar-refractivity contribution is 0.0715. The number of benzene rings is 4. The van der Waals surface area contributed by atoms with Gasteiger partial charge in [-0.3, -0.25) is 0 Å². The molecule has 7 rings (SSSR count). The number of aliphatic hydroxyl groups excluding tert-OH is 1. The number of fused-ring (bicyclic) bond motifs is 1. The highest BCUT2D eigenvalue weighted by atomic mass is 28.4. The molecule has 3 aliphatic carbocycles. The highest BCUT2D eigenvalue weighted by Crippen LogP contribution is 2.62. The van der Waals surface area contributed by atoms with Gasteiger partial charge in [0.25, 0.3) is 16.6 Å². The fourth-order valence-corrected chi connectivity index (χ4v) is 21.8. The molecule has 0 amide bonds. The third-order valence-electron chi connectivity index (χ3n) is 15.2. The minimum atomic E-state index is -2.95. The lowest BCUT2D eigenvalue weighted by atomic mass is 9.57. The van der Waals surface area contributed by atoms with Crippen molar-refractivity contribution in [2.45, 2.75) is 130 Å². The molecule has 4 aromatic carbocycles. The predicted octanol–water partition coefficient (Wildman–Crippen LogP) is 11.9. The van der Waals surface area contributed by atoms with Crippen molar-refractivity contribution in [3.05, 3.63) is 169 Å². The van der Waals surface area contributed by atoms with E-state index in [0.29, 0.717) is 11.8 Å². The Morgan fingerprint density at radius 1 is 0.677 bits per heavy atom. The maximum atomic E-state index is 9.68. The molecule has 62 heavy (non-hydrogen) atoms. The van der Waals surface area contributed by atoms with Crippen LogP contribution in [0.2, 0.25) is 10.1 Å². The quantitative estimate of drug-likeness (QED) is 0.114. The van der Waals surface area contributed by atoms with Gasteiger partial charge in [0.1, 0.15) is 0 Å². The second kappa shape index (κ2) is 18.3. The van der Waals surface area contributed by atoms with Gasteiger partial charge in [0.15, 0.2) is 0 Å². The second-order valence-corrected chi connectivity index (χ2v) is 30.0. The fourth-order valence-electron chi connectivity index (χ4n) is 12.4. The van der Waals surface area contributed by atoms with Crippen molar-refractivity contribution in [3.8, 4) is 0 Å². The van der Waals surface area contributed by atoms with Crippen LogP contribution in [0, 0.1) is 22.7 Å². The van der Waals surface area contributed by atoms with Crippen molar-refractivity contribution in [3.63, 3.8) is 0 Å². The third kappa shape index (κ3) is 8.70. The van der Waals surface area contributed by atoms with Gasteiger partial charge in [0.05, 0.1) is 18.8 Å². The van der Waals surface area contributed by atoms with Crippen molar-refractivity contribution in [1.82, 2.24) is 0 Å². The SMILES string of the molecule is C=C1C(=CC=C2CCC[C@]3(C)[C@@H](C(C)(C)C=CCO)CC[C@@H]23)C[C@@H](O[Si](c2ccccc2)(c2ccccc2)C(C)(C)C)C[C@@H]1O[Si](c1ccccc1)(c1ccccc1)C(C)(C)C. The van der Waals surface area contributed by atoms with Gasteiger partial charge in [-0.1, -0.05) is 220 Å². The van der Waals surface area contributed by atoms with E-state index in [1.54, 1.807) is 5.57 Å². The Kier molecular flexibility index (Phi) is 13.6. The van der Waals surface area contributed by atoms with Crippen LogP contribution < -0.4 is 20.7 Å². The minimum absolute atomic E-state index is 0.0296. The van der Waals surface area contributed by atoms with Crippen LogP contribution in [0.4, 0.5) is 0 Å². The van der Waals surface area contributed by atoms with Crippen molar-refractivity contribution >= 4 is 37.4 Å². The standard InChI is InChI=1S/C57H74O3Si2/c1-43-45(35-34-44-25-23-39-57(10)51(44)36-37-53(57)56(8,9)38-24-40-58)41-46(59-61(54(2,3)4,47-26-15-11-16-27-47)48-28-17-12-18-29-48)42-52(43)60-62(55(5,6)7,49-30-19-13-20-31-49)50-32-21-14-22-33-50/h11-22,24,26-35,38,46,51-53,58H,1,23,25,36-37,39-42H2,2-10H3/t46-,51+,52+,53-,57+/m1/s1. The zero-order chi connectivity index (χ0) is 44.4. The zero-order valence-electron chi connectivity index (χ0n) is 39.3. The Bertz CT molecular complexity index is 2130. The molecule has 4 aromatic rings. The first-order valence-corrected chi connectivity index (χ1v) is 27.2. The van der Waals surface area contributed by atoms with E-state index in [9.17, 15) is 5.11 Å². The summed E-state index contributed by atoms with van der Waals surface area (Å²) in [6, 6.07) is 44.3. The molecule has 3 aliphatic rings. The Hall–Kier alpha value is -3.85. The van der Waals surface area contributed by atoms with Crippen molar-refractivity contribution < 1.29 is 14.0 Å². The predicted molar refractivity (Wildman–Crippen MR) is 268 cm³/mol. The van der Waals surface area contributed by atoms with Crippen LogP contribution in [0.3, 0.4) is 0 Å². The maximum absolute atomic E-state index is 9.68. The average molecular weight is 863 g/mol. The third-order valence-corrected chi connectivity index (χ3v) is 25.4. The van der Waals surface area contributed by atoms with Gasteiger partial charge in [0, 0.05) is 6.42 Å². The van der Waals surface area contributed by atoms with Crippen molar-refractivity contribution in [2.24, 2.45) is 22.7 Å². The highest BCUT2D eigenvalue weighted by Gasteiger charge is 2.56. The number of hydrogen-bond donors (Lipinski definition) is 1. The van der Waals surface area contributed by atoms with E-state index in [2.05, 4.69) is 202 Å². The molecule has 0 bridgehead atoms. The van der Waals surface area contributed by atoms with Gasteiger partial charge >= 0.3 is 0 Å². The van der Waals surface area contributed by atoms with Gasteiger partial charge in [-0.15, -0.1) is 0 Å². The van der Waals surface area contributed by atoms with Crippen molar-refractivity contribution in [1.29, 1.82) is 0 Å². The van der Waals surface area contributed by atoms with Crippen LogP contribution in [0.1, 0.15) is 107 Å². The highest BCUT2D eigenvalue weighted by molar-refractivity contribution is 7.00. The molecule has 0 aromatic heterocycles.